The maximum Gasteiger partial charge on any atom is 0.347 e. The van der Waals surface area contributed by atoms with Crippen LogP contribution in [0.2, 0.25) is 0 Å². The van der Waals surface area contributed by atoms with E-state index in [0.717, 1.165) is 11.1 Å². The number of rotatable bonds is 5. The Bertz CT molecular complexity index is 886. The highest BCUT2D eigenvalue weighted by Crippen LogP contribution is 2.34. The molecule has 0 amide bonds. The summed E-state index contributed by atoms with van der Waals surface area (Å²) >= 11 is 1.17. The molecule has 0 fully saturated rings. The van der Waals surface area contributed by atoms with Gasteiger partial charge in [-0.3, -0.25) is 0 Å². The van der Waals surface area contributed by atoms with Gasteiger partial charge in [0.25, 0.3) is 0 Å². The highest BCUT2D eigenvalue weighted by molar-refractivity contribution is 7.17. The van der Waals surface area contributed by atoms with Crippen molar-refractivity contribution in [2.75, 3.05) is 0 Å². The minimum atomic E-state index is -0.950. The number of thiazole rings is 1. The van der Waals surface area contributed by atoms with Gasteiger partial charge in [0.15, 0.2) is 0 Å². The maximum atomic E-state index is 11.2. The van der Waals surface area contributed by atoms with Gasteiger partial charge in [0.2, 0.25) is 0 Å². The number of aromatic carboxylic acids is 1. The molecule has 0 unspecified atom stereocenters. The molecule has 0 aliphatic heterocycles. The molecule has 0 aliphatic carbocycles. The molecule has 122 valence electrons. The summed E-state index contributed by atoms with van der Waals surface area (Å²) in [5, 5.41) is 9.87. The van der Waals surface area contributed by atoms with Crippen LogP contribution in [0.25, 0.3) is 10.6 Å². The molecule has 2 aromatic carbocycles. The van der Waals surface area contributed by atoms with Crippen LogP contribution in [-0.2, 0) is 6.61 Å². The van der Waals surface area contributed by atoms with E-state index in [4.69, 9.17) is 4.74 Å². The number of aromatic nitrogens is 1. The zero-order chi connectivity index (χ0) is 17.1. The standard InChI is InChI=1S/C19H17NO3S/c1-12-6-5-7-14(10-12)11-23-16-9-4-3-8-15(16)18-20-13(2)17(24-18)19(21)22/h3-10H,11H2,1-2H3,(H,21,22). The van der Waals surface area contributed by atoms with Crippen LogP contribution in [-0.4, -0.2) is 16.1 Å². The van der Waals surface area contributed by atoms with Crippen LogP contribution < -0.4 is 4.74 Å². The fraction of sp³-hybridized carbons (Fsp3) is 0.158. The largest absolute Gasteiger partial charge is 0.488 e. The molecule has 4 nitrogen and oxygen atoms in total. The lowest BCUT2D eigenvalue weighted by atomic mass is 10.1. The SMILES string of the molecule is Cc1cccc(COc2ccccc2-c2nc(C)c(C(=O)O)s2)c1. The van der Waals surface area contributed by atoms with Gasteiger partial charge in [0.1, 0.15) is 22.2 Å². The third-order valence-electron chi connectivity index (χ3n) is 3.59. The minimum Gasteiger partial charge on any atom is -0.488 e. The van der Waals surface area contributed by atoms with Crippen molar-refractivity contribution in [3.8, 4) is 16.3 Å². The Balaban J connectivity index is 1.88. The van der Waals surface area contributed by atoms with E-state index in [2.05, 4.69) is 11.1 Å². The molecule has 24 heavy (non-hydrogen) atoms. The molecule has 0 saturated carbocycles. The van der Waals surface area contributed by atoms with Crippen molar-refractivity contribution in [3.05, 3.63) is 70.2 Å². The highest BCUT2D eigenvalue weighted by atomic mass is 32.1. The normalized spacial score (nSPS) is 10.6. The number of carbonyl (C=O) groups is 1. The van der Waals surface area contributed by atoms with Crippen LogP contribution in [0.15, 0.2) is 48.5 Å². The predicted molar refractivity (Wildman–Crippen MR) is 94.8 cm³/mol. The average Bonchev–Trinajstić information content (AvgIpc) is 2.95. The van der Waals surface area contributed by atoms with Gasteiger partial charge in [-0.25, -0.2) is 9.78 Å². The zero-order valence-corrected chi connectivity index (χ0v) is 14.3. The van der Waals surface area contributed by atoms with Crippen LogP contribution in [0.3, 0.4) is 0 Å². The molecular weight excluding hydrogens is 322 g/mol. The zero-order valence-electron chi connectivity index (χ0n) is 13.4. The summed E-state index contributed by atoms with van der Waals surface area (Å²) in [6.07, 6.45) is 0. The molecule has 1 N–H and O–H groups in total. The molecule has 5 heteroatoms. The van der Waals surface area contributed by atoms with Crippen LogP contribution in [0.4, 0.5) is 0 Å². The lowest BCUT2D eigenvalue weighted by Gasteiger charge is -2.10. The Morgan fingerprint density at radius 3 is 2.67 bits per heavy atom. The molecule has 0 bridgehead atoms. The Morgan fingerprint density at radius 2 is 1.96 bits per heavy atom. The second kappa shape index (κ2) is 6.84. The van der Waals surface area contributed by atoms with Gasteiger partial charge in [-0.1, -0.05) is 42.0 Å². The number of para-hydroxylation sites is 1. The van der Waals surface area contributed by atoms with Crippen molar-refractivity contribution >= 4 is 17.3 Å². The third-order valence-corrected chi connectivity index (χ3v) is 4.76. The lowest BCUT2D eigenvalue weighted by molar-refractivity contribution is 0.0701. The molecule has 1 heterocycles. The number of aryl methyl sites for hydroxylation is 2. The van der Waals surface area contributed by atoms with E-state index in [1.54, 1.807) is 6.92 Å². The van der Waals surface area contributed by atoms with Crippen molar-refractivity contribution in [2.45, 2.75) is 20.5 Å². The summed E-state index contributed by atoms with van der Waals surface area (Å²) in [5.41, 5.74) is 3.61. The predicted octanol–water partition coefficient (Wildman–Crippen LogP) is 4.70. The number of hydrogen-bond donors (Lipinski definition) is 1. The molecule has 0 saturated heterocycles. The van der Waals surface area contributed by atoms with Gasteiger partial charge >= 0.3 is 5.97 Å². The van der Waals surface area contributed by atoms with Gasteiger partial charge < -0.3 is 9.84 Å². The third kappa shape index (κ3) is 3.46. The van der Waals surface area contributed by atoms with Crippen LogP contribution in [0.1, 0.15) is 26.5 Å². The Kier molecular flexibility index (Phi) is 4.62. The van der Waals surface area contributed by atoms with E-state index in [9.17, 15) is 9.90 Å². The van der Waals surface area contributed by atoms with Gasteiger partial charge in [-0.2, -0.15) is 0 Å². The molecule has 0 spiro atoms. The maximum absolute atomic E-state index is 11.2. The number of hydrogen-bond acceptors (Lipinski definition) is 4. The molecule has 3 rings (SSSR count). The smallest absolute Gasteiger partial charge is 0.347 e. The highest BCUT2D eigenvalue weighted by Gasteiger charge is 2.17. The van der Waals surface area contributed by atoms with Crippen molar-refractivity contribution in [3.63, 3.8) is 0 Å². The monoisotopic (exact) mass is 339 g/mol. The van der Waals surface area contributed by atoms with E-state index >= 15 is 0 Å². The van der Waals surface area contributed by atoms with Crippen LogP contribution in [0, 0.1) is 13.8 Å². The van der Waals surface area contributed by atoms with Crippen LogP contribution in [0.5, 0.6) is 5.75 Å². The van der Waals surface area contributed by atoms with E-state index in [1.165, 1.54) is 16.9 Å². The lowest BCUT2D eigenvalue weighted by Crippen LogP contribution is -1.97. The molecular formula is C19H17NO3S. The fourth-order valence-corrected chi connectivity index (χ4v) is 3.38. The van der Waals surface area contributed by atoms with E-state index in [0.29, 0.717) is 23.1 Å². The second-order valence-electron chi connectivity index (χ2n) is 5.51. The van der Waals surface area contributed by atoms with Gasteiger partial charge in [0.05, 0.1) is 11.3 Å². The molecule has 0 aliphatic rings. The number of carboxylic acid groups (broad SMARTS) is 1. The van der Waals surface area contributed by atoms with Crippen molar-refractivity contribution in [1.82, 2.24) is 4.98 Å². The van der Waals surface area contributed by atoms with Crippen molar-refractivity contribution in [2.24, 2.45) is 0 Å². The summed E-state index contributed by atoms with van der Waals surface area (Å²) in [6, 6.07) is 15.7. The Morgan fingerprint density at radius 1 is 1.17 bits per heavy atom. The Hall–Kier alpha value is -2.66. The molecule has 0 atom stereocenters. The topological polar surface area (TPSA) is 59.4 Å². The summed E-state index contributed by atoms with van der Waals surface area (Å²) in [6.45, 7) is 4.21. The quantitative estimate of drug-likeness (QED) is 0.732. The van der Waals surface area contributed by atoms with E-state index in [-0.39, 0.29) is 4.88 Å². The van der Waals surface area contributed by atoms with E-state index < -0.39 is 5.97 Å². The van der Waals surface area contributed by atoms with Gasteiger partial charge in [-0.15, -0.1) is 11.3 Å². The first-order chi connectivity index (χ1) is 11.5. The van der Waals surface area contributed by atoms with Crippen LogP contribution >= 0.6 is 11.3 Å². The van der Waals surface area contributed by atoms with Crippen molar-refractivity contribution < 1.29 is 14.6 Å². The first-order valence-corrected chi connectivity index (χ1v) is 8.34. The minimum absolute atomic E-state index is 0.262. The van der Waals surface area contributed by atoms with E-state index in [1.807, 2.05) is 49.4 Å². The Labute approximate surface area is 144 Å². The van der Waals surface area contributed by atoms with Crippen molar-refractivity contribution in [1.29, 1.82) is 0 Å². The molecule has 1 aromatic heterocycles. The summed E-state index contributed by atoms with van der Waals surface area (Å²) in [4.78, 5) is 15.9. The first kappa shape index (κ1) is 16.2. The molecule has 3 aromatic rings. The number of carboxylic acids is 1. The number of benzene rings is 2. The molecule has 0 radical (unpaired) electrons. The van der Waals surface area contributed by atoms with Gasteiger partial charge in [0, 0.05) is 0 Å². The first-order valence-electron chi connectivity index (χ1n) is 7.53. The number of nitrogens with zero attached hydrogens (tertiary/aromatic N) is 1. The van der Waals surface area contributed by atoms with Gasteiger partial charge in [-0.05, 0) is 31.5 Å². The summed E-state index contributed by atoms with van der Waals surface area (Å²) in [7, 11) is 0. The summed E-state index contributed by atoms with van der Waals surface area (Å²) in [5.74, 6) is -0.251. The second-order valence-corrected chi connectivity index (χ2v) is 6.51. The fourth-order valence-electron chi connectivity index (χ4n) is 2.44. The number of ether oxygens (including phenoxy) is 1. The average molecular weight is 339 g/mol. The summed E-state index contributed by atoms with van der Waals surface area (Å²) < 4.78 is 5.96.